The molecule has 0 bridgehead atoms. The molecule has 29 heavy (non-hydrogen) atoms. The van der Waals surface area contributed by atoms with Crippen LogP contribution >= 0.6 is 0 Å². The second-order valence-corrected chi connectivity index (χ2v) is 9.16. The number of piperidine rings is 1. The average molecular weight is 410 g/mol. The second-order valence-electron chi connectivity index (χ2n) is 9.16. The van der Waals surface area contributed by atoms with Crippen LogP contribution in [0.3, 0.4) is 0 Å². The van der Waals surface area contributed by atoms with Crippen molar-refractivity contribution in [3.05, 3.63) is 11.6 Å². The van der Waals surface area contributed by atoms with Crippen LogP contribution in [0.5, 0.6) is 0 Å². The van der Waals surface area contributed by atoms with Gasteiger partial charge < -0.3 is 20.7 Å². The molecule has 2 amide bonds. The van der Waals surface area contributed by atoms with Crippen LogP contribution in [0.2, 0.25) is 0 Å². The van der Waals surface area contributed by atoms with E-state index in [2.05, 4.69) is 16.0 Å². The minimum Gasteiger partial charge on any atom is -0.463 e. The van der Waals surface area contributed by atoms with Gasteiger partial charge in [-0.15, -0.1) is 0 Å². The van der Waals surface area contributed by atoms with Crippen molar-refractivity contribution in [2.75, 3.05) is 13.2 Å². The van der Waals surface area contributed by atoms with Crippen LogP contribution in [0.25, 0.3) is 0 Å². The lowest BCUT2D eigenvalue weighted by atomic mass is 9.85. The van der Waals surface area contributed by atoms with Gasteiger partial charge >= 0.3 is 5.97 Å². The van der Waals surface area contributed by atoms with Gasteiger partial charge in [0.2, 0.25) is 11.8 Å². The van der Waals surface area contributed by atoms with E-state index in [-0.39, 0.29) is 29.8 Å². The lowest BCUT2D eigenvalue weighted by molar-refractivity contribution is -0.138. The van der Waals surface area contributed by atoms with E-state index in [1.807, 2.05) is 34.6 Å². The number of nitrogens with one attached hydrogen (secondary N) is 3. The Bertz CT molecular complexity index is 602. The molecule has 0 aromatic heterocycles. The van der Waals surface area contributed by atoms with Gasteiger partial charge in [0.1, 0.15) is 6.04 Å². The first kappa shape index (κ1) is 25.1. The van der Waals surface area contributed by atoms with Crippen molar-refractivity contribution in [3.63, 3.8) is 0 Å². The third-order valence-corrected chi connectivity index (χ3v) is 5.10. The molecule has 0 aliphatic carbocycles. The molecular weight excluding hydrogens is 370 g/mol. The smallest absolute Gasteiger partial charge is 0.333 e. The quantitative estimate of drug-likeness (QED) is 0.422. The molecule has 1 saturated heterocycles. The van der Waals surface area contributed by atoms with Gasteiger partial charge in [0.15, 0.2) is 0 Å². The molecule has 0 unspecified atom stereocenters. The van der Waals surface area contributed by atoms with Crippen molar-refractivity contribution < 1.29 is 19.1 Å². The van der Waals surface area contributed by atoms with Crippen LogP contribution in [0, 0.1) is 11.3 Å². The summed E-state index contributed by atoms with van der Waals surface area (Å²) >= 11 is 0. The Morgan fingerprint density at radius 2 is 1.83 bits per heavy atom. The lowest BCUT2D eigenvalue weighted by Crippen LogP contribution is -2.59. The topological polar surface area (TPSA) is 96.5 Å². The predicted octanol–water partition coefficient (Wildman–Crippen LogP) is 2.31. The van der Waals surface area contributed by atoms with Crippen LogP contribution in [0.4, 0.5) is 0 Å². The normalized spacial score (nSPS) is 20.0. The maximum atomic E-state index is 13.1. The second kappa shape index (κ2) is 11.3. The highest BCUT2D eigenvalue weighted by molar-refractivity contribution is 5.91. The van der Waals surface area contributed by atoms with E-state index in [0.717, 1.165) is 25.8 Å². The molecule has 3 atom stereocenters. The highest BCUT2D eigenvalue weighted by Crippen LogP contribution is 2.21. The zero-order valence-electron chi connectivity index (χ0n) is 19.1. The summed E-state index contributed by atoms with van der Waals surface area (Å²) < 4.78 is 5.03. The van der Waals surface area contributed by atoms with E-state index in [9.17, 15) is 14.4 Å². The first-order valence-corrected chi connectivity index (χ1v) is 10.7. The van der Waals surface area contributed by atoms with Crippen LogP contribution in [0.1, 0.15) is 67.7 Å². The van der Waals surface area contributed by atoms with Crippen LogP contribution in [-0.4, -0.2) is 49.1 Å². The molecule has 1 aliphatic heterocycles. The van der Waals surface area contributed by atoms with Gasteiger partial charge in [-0.05, 0) is 44.6 Å². The van der Waals surface area contributed by atoms with Gasteiger partial charge in [0.25, 0.3) is 0 Å². The lowest BCUT2D eigenvalue weighted by Gasteiger charge is -2.34. The summed E-state index contributed by atoms with van der Waals surface area (Å²) in [6.45, 7) is 14.3. The number of hydrogen-bond donors (Lipinski definition) is 3. The number of hydrogen-bond acceptors (Lipinski definition) is 5. The van der Waals surface area contributed by atoms with E-state index in [4.69, 9.17) is 4.74 Å². The number of carbonyl (C=O) groups is 3. The molecule has 1 fully saturated rings. The third-order valence-electron chi connectivity index (χ3n) is 5.10. The van der Waals surface area contributed by atoms with E-state index >= 15 is 0 Å². The Hall–Kier alpha value is -1.89. The Balaban J connectivity index is 2.92. The molecule has 1 heterocycles. The van der Waals surface area contributed by atoms with E-state index in [1.54, 1.807) is 19.9 Å². The molecule has 166 valence electrons. The van der Waals surface area contributed by atoms with E-state index in [1.165, 1.54) is 0 Å². The monoisotopic (exact) mass is 409 g/mol. The average Bonchev–Trinajstić information content (AvgIpc) is 2.64. The summed E-state index contributed by atoms with van der Waals surface area (Å²) in [7, 11) is 0. The van der Waals surface area contributed by atoms with Crippen molar-refractivity contribution in [2.24, 2.45) is 11.3 Å². The predicted molar refractivity (Wildman–Crippen MR) is 114 cm³/mol. The molecule has 0 saturated carbocycles. The fourth-order valence-corrected chi connectivity index (χ4v) is 3.22. The Labute approximate surface area is 175 Å². The number of ether oxygens (including phenoxy) is 1. The zero-order chi connectivity index (χ0) is 22.2. The molecule has 7 heteroatoms. The number of rotatable bonds is 8. The fourth-order valence-electron chi connectivity index (χ4n) is 3.22. The fraction of sp³-hybridized carbons (Fsp3) is 0.773. The van der Waals surface area contributed by atoms with Crippen LogP contribution < -0.4 is 16.0 Å². The van der Waals surface area contributed by atoms with Crippen molar-refractivity contribution in [1.29, 1.82) is 0 Å². The standard InChI is InChI=1S/C22H39N3O4/c1-8-29-21(28)15(4)13-17(14(2)3)24-20(27)18(22(5,6)7)25-19(26)16-11-9-10-12-23-16/h13-14,16-18,23H,8-12H2,1-7H3,(H,24,27)(H,25,26)/b15-13+/t16-,17-,18-/m1/s1. The molecule has 0 aromatic carbocycles. The summed E-state index contributed by atoms with van der Waals surface area (Å²) in [5, 5.41) is 9.16. The molecule has 7 nitrogen and oxygen atoms in total. The molecule has 0 radical (unpaired) electrons. The molecule has 0 spiro atoms. The number of amides is 2. The first-order valence-electron chi connectivity index (χ1n) is 10.7. The Kier molecular flexibility index (Phi) is 9.83. The van der Waals surface area contributed by atoms with Crippen LogP contribution in [-0.2, 0) is 19.1 Å². The van der Waals surface area contributed by atoms with Crippen molar-refractivity contribution in [3.8, 4) is 0 Å². The zero-order valence-corrected chi connectivity index (χ0v) is 19.1. The minimum atomic E-state index is -0.684. The van der Waals surface area contributed by atoms with E-state index < -0.39 is 17.4 Å². The summed E-state index contributed by atoms with van der Waals surface area (Å²) in [4.78, 5) is 37.7. The molecule has 1 aliphatic rings. The summed E-state index contributed by atoms with van der Waals surface area (Å²) in [5.74, 6) is -0.719. The molecule has 0 aromatic rings. The maximum Gasteiger partial charge on any atom is 0.333 e. The van der Waals surface area contributed by atoms with Gasteiger partial charge in [-0.25, -0.2) is 4.79 Å². The van der Waals surface area contributed by atoms with Gasteiger partial charge in [-0.2, -0.15) is 0 Å². The van der Waals surface area contributed by atoms with Gasteiger partial charge in [0, 0.05) is 5.57 Å². The van der Waals surface area contributed by atoms with Crippen LogP contribution in [0.15, 0.2) is 11.6 Å². The Morgan fingerprint density at radius 1 is 1.17 bits per heavy atom. The van der Waals surface area contributed by atoms with Crippen molar-refractivity contribution in [1.82, 2.24) is 16.0 Å². The van der Waals surface area contributed by atoms with Gasteiger partial charge in [-0.1, -0.05) is 47.1 Å². The number of esters is 1. The molecule has 3 N–H and O–H groups in total. The van der Waals surface area contributed by atoms with E-state index in [0.29, 0.717) is 12.2 Å². The summed E-state index contributed by atoms with van der Waals surface area (Å²) in [5.41, 5.74) is -0.0101. The minimum absolute atomic E-state index is 0.0691. The SMILES string of the molecule is CCOC(=O)/C(C)=C/[C@@H](NC(=O)[C@@H](NC(=O)[C@H]1CCCCN1)C(C)(C)C)C(C)C. The highest BCUT2D eigenvalue weighted by Gasteiger charge is 2.35. The van der Waals surface area contributed by atoms with Gasteiger partial charge in [-0.3, -0.25) is 9.59 Å². The maximum absolute atomic E-state index is 13.1. The molecule has 1 rings (SSSR count). The van der Waals surface area contributed by atoms with Gasteiger partial charge in [0.05, 0.1) is 18.7 Å². The largest absolute Gasteiger partial charge is 0.463 e. The summed E-state index contributed by atoms with van der Waals surface area (Å²) in [6, 6.07) is -1.29. The third kappa shape index (κ3) is 8.17. The summed E-state index contributed by atoms with van der Waals surface area (Å²) in [6.07, 6.45) is 4.57. The molecular formula is C22H39N3O4. The van der Waals surface area contributed by atoms with Crippen molar-refractivity contribution in [2.45, 2.75) is 85.9 Å². The number of carbonyl (C=O) groups excluding carboxylic acids is 3. The highest BCUT2D eigenvalue weighted by atomic mass is 16.5. The first-order chi connectivity index (χ1) is 13.5. The Morgan fingerprint density at radius 3 is 2.31 bits per heavy atom. The van der Waals surface area contributed by atoms with Crippen molar-refractivity contribution >= 4 is 17.8 Å².